The van der Waals surface area contributed by atoms with Gasteiger partial charge in [0.15, 0.2) is 0 Å². The van der Waals surface area contributed by atoms with Crippen molar-refractivity contribution in [3.05, 3.63) is 0 Å². The second kappa shape index (κ2) is 4.59. The third-order valence-corrected chi connectivity index (χ3v) is 5.68. The lowest BCUT2D eigenvalue weighted by Crippen LogP contribution is -2.71. The van der Waals surface area contributed by atoms with Gasteiger partial charge in [0.2, 0.25) is 0 Å². The second-order valence-corrected chi connectivity index (χ2v) is 8.28. The van der Waals surface area contributed by atoms with E-state index >= 15 is 0 Å². The van der Waals surface area contributed by atoms with E-state index in [1.807, 2.05) is 20.8 Å². The maximum absolute atomic E-state index is 12.1. The SMILES string of the molecule is CC(C)(C)OC(=O)N1CC(CO)(C2(O)CC3CCC2C3)C1. The topological polar surface area (TPSA) is 70.0 Å². The van der Waals surface area contributed by atoms with E-state index in [1.54, 1.807) is 4.90 Å². The van der Waals surface area contributed by atoms with Crippen molar-refractivity contribution in [3.8, 4) is 0 Å². The monoisotopic (exact) mass is 297 g/mol. The van der Waals surface area contributed by atoms with Crippen molar-refractivity contribution in [2.45, 2.75) is 57.7 Å². The molecule has 21 heavy (non-hydrogen) atoms. The summed E-state index contributed by atoms with van der Waals surface area (Å²) in [6.45, 7) is 6.26. The summed E-state index contributed by atoms with van der Waals surface area (Å²) in [6.07, 6.45) is 3.75. The first-order chi connectivity index (χ1) is 9.69. The summed E-state index contributed by atoms with van der Waals surface area (Å²) in [6, 6.07) is 0. The fourth-order valence-corrected chi connectivity index (χ4v) is 4.60. The summed E-state index contributed by atoms with van der Waals surface area (Å²) in [5, 5.41) is 21.0. The Morgan fingerprint density at radius 2 is 2.00 bits per heavy atom. The van der Waals surface area contributed by atoms with Gasteiger partial charge in [0.1, 0.15) is 5.60 Å². The number of carbonyl (C=O) groups is 1. The smallest absolute Gasteiger partial charge is 0.410 e. The van der Waals surface area contributed by atoms with Gasteiger partial charge in [0.05, 0.1) is 17.6 Å². The molecule has 0 aromatic heterocycles. The molecule has 0 radical (unpaired) electrons. The van der Waals surface area contributed by atoms with Crippen LogP contribution in [0, 0.1) is 17.3 Å². The quantitative estimate of drug-likeness (QED) is 0.815. The molecule has 1 amide bonds. The molecule has 1 aliphatic heterocycles. The summed E-state index contributed by atoms with van der Waals surface area (Å²) in [4.78, 5) is 13.7. The molecule has 3 rings (SSSR count). The molecule has 1 saturated heterocycles. The minimum absolute atomic E-state index is 0.0635. The number of hydrogen-bond donors (Lipinski definition) is 2. The molecule has 2 saturated carbocycles. The highest BCUT2D eigenvalue weighted by molar-refractivity contribution is 5.69. The first-order valence-corrected chi connectivity index (χ1v) is 8.00. The van der Waals surface area contributed by atoms with Gasteiger partial charge in [-0.25, -0.2) is 4.79 Å². The normalized spacial score (nSPS) is 37.5. The second-order valence-electron chi connectivity index (χ2n) is 8.28. The Morgan fingerprint density at radius 3 is 2.43 bits per heavy atom. The summed E-state index contributed by atoms with van der Waals surface area (Å²) >= 11 is 0. The van der Waals surface area contributed by atoms with Crippen LogP contribution in [0.4, 0.5) is 4.79 Å². The molecule has 5 nitrogen and oxygen atoms in total. The Hall–Kier alpha value is -0.810. The van der Waals surface area contributed by atoms with E-state index in [-0.39, 0.29) is 18.6 Å². The number of amides is 1. The highest BCUT2D eigenvalue weighted by Crippen LogP contribution is 2.59. The average molecular weight is 297 g/mol. The van der Waals surface area contributed by atoms with E-state index < -0.39 is 16.6 Å². The highest BCUT2D eigenvalue weighted by Gasteiger charge is 2.65. The van der Waals surface area contributed by atoms with Crippen LogP contribution in [0.15, 0.2) is 0 Å². The number of nitrogens with zero attached hydrogens (tertiary/aromatic N) is 1. The summed E-state index contributed by atoms with van der Waals surface area (Å²) in [5.41, 5.74) is -1.87. The van der Waals surface area contributed by atoms with Crippen LogP contribution in [0.5, 0.6) is 0 Å². The third kappa shape index (κ3) is 2.25. The van der Waals surface area contributed by atoms with Crippen LogP contribution in [0.25, 0.3) is 0 Å². The number of hydrogen-bond acceptors (Lipinski definition) is 4. The van der Waals surface area contributed by atoms with E-state index in [4.69, 9.17) is 4.74 Å². The van der Waals surface area contributed by atoms with Crippen LogP contribution < -0.4 is 0 Å². The van der Waals surface area contributed by atoms with Gasteiger partial charge in [-0.15, -0.1) is 0 Å². The Balaban J connectivity index is 1.68. The van der Waals surface area contributed by atoms with Crippen molar-refractivity contribution in [2.24, 2.45) is 17.3 Å². The number of aliphatic hydroxyl groups excluding tert-OH is 1. The minimum Gasteiger partial charge on any atom is -0.444 e. The summed E-state index contributed by atoms with van der Waals surface area (Å²) in [7, 11) is 0. The predicted octanol–water partition coefficient (Wildman–Crippen LogP) is 1.77. The summed E-state index contributed by atoms with van der Waals surface area (Å²) in [5.74, 6) is 0.884. The zero-order valence-electron chi connectivity index (χ0n) is 13.3. The molecule has 2 aliphatic carbocycles. The van der Waals surface area contributed by atoms with Gasteiger partial charge >= 0.3 is 6.09 Å². The van der Waals surface area contributed by atoms with Gasteiger partial charge in [-0.3, -0.25) is 0 Å². The number of rotatable bonds is 2. The largest absolute Gasteiger partial charge is 0.444 e. The van der Waals surface area contributed by atoms with Crippen LogP contribution >= 0.6 is 0 Å². The van der Waals surface area contributed by atoms with Crippen LogP contribution in [0.1, 0.15) is 46.5 Å². The first kappa shape index (κ1) is 15.1. The third-order valence-electron chi connectivity index (χ3n) is 5.68. The standard InChI is InChI=1S/C16H27NO4/c1-14(2,3)21-13(19)17-8-15(9-17,10-18)16(20)7-11-4-5-12(16)6-11/h11-12,18,20H,4-10H2,1-3H3. The van der Waals surface area contributed by atoms with E-state index in [0.717, 1.165) is 19.3 Å². The van der Waals surface area contributed by atoms with Crippen LogP contribution in [0.3, 0.4) is 0 Å². The Kier molecular flexibility index (Phi) is 3.30. The zero-order chi connectivity index (χ0) is 15.5. The van der Waals surface area contributed by atoms with Crippen molar-refractivity contribution in [2.75, 3.05) is 19.7 Å². The number of likely N-dealkylation sites (tertiary alicyclic amines) is 1. The molecule has 3 fully saturated rings. The maximum atomic E-state index is 12.1. The number of carbonyl (C=O) groups excluding carboxylic acids is 1. The van der Waals surface area contributed by atoms with Crippen molar-refractivity contribution in [1.82, 2.24) is 4.90 Å². The minimum atomic E-state index is -0.802. The molecule has 3 unspecified atom stereocenters. The van der Waals surface area contributed by atoms with Crippen molar-refractivity contribution >= 4 is 6.09 Å². The van der Waals surface area contributed by atoms with Crippen molar-refractivity contribution in [1.29, 1.82) is 0 Å². The fraction of sp³-hybridized carbons (Fsp3) is 0.938. The van der Waals surface area contributed by atoms with E-state index in [2.05, 4.69) is 0 Å². The Bertz CT molecular complexity index is 438. The number of ether oxygens (including phenoxy) is 1. The molecule has 120 valence electrons. The molecule has 0 spiro atoms. The van der Waals surface area contributed by atoms with Crippen LogP contribution in [-0.4, -0.2) is 52.1 Å². The first-order valence-electron chi connectivity index (χ1n) is 8.00. The molecule has 0 aromatic carbocycles. The van der Waals surface area contributed by atoms with E-state index in [0.29, 0.717) is 19.0 Å². The van der Waals surface area contributed by atoms with E-state index in [1.165, 1.54) is 6.42 Å². The molecular weight excluding hydrogens is 270 g/mol. The fourth-order valence-electron chi connectivity index (χ4n) is 4.60. The Labute approximate surface area is 126 Å². The van der Waals surface area contributed by atoms with Gasteiger partial charge in [-0.05, 0) is 58.3 Å². The van der Waals surface area contributed by atoms with Crippen molar-refractivity contribution in [3.63, 3.8) is 0 Å². The van der Waals surface area contributed by atoms with Gasteiger partial charge in [0.25, 0.3) is 0 Å². The number of aliphatic hydroxyl groups is 2. The lowest BCUT2D eigenvalue weighted by Gasteiger charge is -2.58. The molecule has 3 aliphatic rings. The summed E-state index contributed by atoms with van der Waals surface area (Å²) < 4.78 is 5.36. The number of fused-ring (bicyclic) bond motifs is 2. The molecule has 1 heterocycles. The van der Waals surface area contributed by atoms with Crippen LogP contribution in [-0.2, 0) is 4.74 Å². The van der Waals surface area contributed by atoms with Crippen molar-refractivity contribution < 1.29 is 19.7 Å². The molecule has 2 N–H and O–H groups in total. The lowest BCUT2D eigenvalue weighted by molar-refractivity contribution is -0.199. The van der Waals surface area contributed by atoms with E-state index in [9.17, 15) is 15.0 Å². The highest BCUT2D eigenvalue weighted by atomic mass is 16.6. The molecule has 2 bridgehead atoms. The lowest BCUT2D eigenvalue weighted by atomic mass is 9.60. The van der Waals surface area contributed by atoms with Gasteiger partial charge in [0, 0.05) is 13.1 Å². The molecule has 3 atom stereocenters. The zero-order valence-corrected chi connectivity index (χ0v) is 13.3. The van der Waals surface area contributed by atoms with Gasteiger partial charge in [-0.1, -0.05) is 0 Å². The molecule has 0 aromatic rings. The Morgan fingerprint density at radius 1 is 1.33 bits per heavy atom. The average Bonchev–Trinajstić information content (AvgIpc) is 2.85. The van der Waals surface area contributed by atoms with Gasteiger partial charge in [-0.2, -0.15) is 0 Å². The molecule has 5 heteroatoms. The van der Waals surface area contributed by atoms with Crippen LogP contribution in [0.2, 0.25) is 0 Å². The maximum Gasteiger partial charge on any atom is 0.410 e. The predicted molar refractivity (Wildman–Crippen MR) is 77.7 cm³/mol. The molecular formula is C16H27NO4. The van der Waals surface area contributed by atoms with Gasteiger partial charge < -0.3 is 19.8 Å².